The SMILES string of the molecule is c1ccc(-c2nc3c([nH]2)CCc2ccsc2-3)cc1. The molecule has 0 atom stereocenters. The van der Waals surface area contributed by atoms with Gasteiger partial charge in [-0.05, 0) is 29.9 Å². The lowest BCUT2D eigenvalue weighted by Gasteiger charge is -2.09. The number of fused-ring (bicyclic) bond motifs is 3. The molecule has 0 amide bonds. The normalized spacial score (nSPS) is 13.1. The second-order valence-electron chi connectivity index (χ2n) is 4.55. The van der Waals surface area contributed by atoms with Crippen LogP contribution in [0.3, 0.4) is 0 Å². The molecule has 0 fully saturated rings. The summed E-state index contributed by atoms with van der Waals surface area (Å²) in [5.41, 5.74) is 5.04. The first kappa shape index (κ1) is 10.1. The molecule has 88 valence electrons. The predicted octanol–water partition coefficient (Wildman–Crippen LogP) is 3.90. The summed E-state index contributed by atoms with van der Waals surface area (Å²) in [7, 11) is 0. The second-order valence-corrected chi connectivity index (χ2v) is 5.47. The lowest BCUT2D eigenvalue weighted by molar-refractivity contribution is 0.916. The van der Waals surface area contributed by atoms with E-state index < -0.39 is 0 Å². The van der Waals surface area contributed by atoms with Crippen molar-refractivity contribution in [1.29, 1.82) is 0 Å². The van der Waals surface area contributed by atoms with Gasteiger partial charge in [0, 0.05) is 11.3 Å². The first-order valence-corrected chi connectivity index (χ1v) is 7.01. The quantitative estimate of drug-likeness (QED) is 0.699. The molecule has 0 aliphatic heterocycles. The molecule has 1 aliphatic rings. The monoisotopic (exact) mass is 252 g/mol. The highest BCUT2D eigenvalue weighted by molar-refractivity contribution is 7.13. The first-order valence-electron chi connectivity index (χ1n) is 6.13. The molecule has 0 radical (unpaired) electrons. The van der Waals surface area contributed by atoms with Crippen LogP contribution in [-0.2, 0) is 12.8 Å². The Hall–Kier alpha value is -1.87. The van der Waals surface area contributed by atoms with Gasteiger partial charge in [-0.25, -0.2) is 4.98 Å². The molecule has 3 aromatic rings. The Morgan fingerprint density at radius 3 is 2.83 bits per heavy atom. The van der Waals surface area contributed by atoms with Gasteiger partial charge in [0.2, 0.25) is 0 Å². The van der Waals surface area contributed by atoms with E-state index in [2.05, 4.69) is 28.6 Å². The van der Waals surface area contributed by atoms with Gasteiger partial charge in [0.05, 0.1) is 4.88 Å². The van der Waals surface area contributed by atoms with Crippen molar-refractivity contribution in [2.24, 2.45) is 0 Å². The minimum Gasteiger partial charge on any atom is -0.341 e. The van der Waals surface area contributed by atoms with Crippen molar-refractivity contribution < 1.29 is 0 Å². The van der Waals surface area contributed by atoms with E-state index in [1.54, 1.807) is 11.3 Å². The van der Waals surface area contributed by atoms with Crippen LogP contribution in [0.15, 0.2) is 41.8 Å². The minimum absolute atomic E-state index is 0.988. The van der Waals surface area contributed by atoms with Gasteiger partial charge in [-0.3, -0.25) is 0 Å². The van der Waals surface area contributed by atoms with Crippen LogP contribution in [0.1, 0.15) is 11.3 Å². The molecule has 18 heavy (non-hydrogen) atoms. The molecule has 0 saturated carbocycles. The number of rotatable bonds is 1. The third-order valence-electron chi connectivity index (χ3n) is 3.43. The van der Waals surface area contributed by atoms with Crippen LogP contribution in [0.5, 0.6) is 0 Å². The lowest BCUT2D eigenvalue weighted by Crippen LogP contribution is -1.99. The fourth-order valence-corrected chi connectivity index (χ4v) is 3.48. The zero-order valence-electron chi connectivity index (χ0n) is 9.81. The van der Waals surface area contributed by atoms with Crippen LogP contribution in [0.4, 0.5) is 0 Å². The molecule has 4 rings (SSSR count). The topological polar surface area (TPSA) is 28.7 Å². The molecule has 3 heteroatoms. The molecule has 2 nitrogen and oxygen atoms in total. The van der Waals surface area contributed by atoms with E-state index in [-0.39, 0.29) is 0 Å². The molecule has 2 heterocycles. The van der Waals surface area contributed by atoms with Gasteiger partial charge >= 0.3 is 0 Å². The van der Waals surface area contributed by atoms with Crippen LogP contribution >= 0.6 is 11.3 Å². The molecule has 0 unspecified atom stereocenters. The van der Waals surface area contributed by atoms with E-state index in [1.165, 1.54) is 16.1 Å². The maximum absolute atomic E-state index is 4.79. The highest BCUT2D eigenvalue weighted by atomic mass is 32.1. The van der Waals surface area contributed by atoms with Crippen molar-refractivity contribution in [1.82, 2.24) is 9.97 Å². The lowest BCUT2D eigenvalue weighted by atomic mass is 10.0. The molecule has 1 aliphatic carbocycles. The molecular formula is C15H12N2S. The fraction of sp³-hybridized carbons (Fsp3) is 0.133. The average Bonchev–Trinajstić information content (AvgIpc) is 3.05. The summed E-state index contributed by atoms with van der Waals surface area (Å²) in [6, 6.07) is 12.5. The number of aryl methyl sites for hydroxylation is 2. The number of nitrogens with zero attached hydrogens (tertiary/aromatic N) is 1. The van der Waals surface area contributed by atoms with Gasteiger partial charge in [0.25, 0.3) is 0 Å². The third kappa shape index (κ3) is 1.44. The summed E-state index contributed by atoms with van der Waals surface area (Å²) < 4.78 is 0. The van der Waals surface area contributed by atoms with E-state index in [0.717, 1.165) is 29.9 Å². The molecule has 0 bridgehead atoms. The van der Waals surface area contributed by atoms with Crippen molar-refractivity contribution in [2.75, 3.05) is 0 Å². The third-order valence-corrected chi connectivity index (χ3v) is 4.40. The molecule has 1 N–H and O–H groups in total. The summed E-state index contributed by atoms with van der Waals surface area (Å²) >= 11 is 1.79. The van der Waals surface area contributed by atoms with E-state index in [0.29, 0.717) is 0 Å². The maximum atomic E-state index is 4.79. The van der Waals surface area contributed by atoms with Gasteiger partial charge in [0.1, 0.15) is 11.5 Å². The van der Waals surface area contributed by atoms with E-state index in [4.69, 9.17) is 4.98 Å². The minimum atomic E-state index is 0.988. The fourth-order valence-electron chi connectivity index (χ4n) is 2.51. The average molecular weight is 252 g/mol. The van der Waals surface area contributed by atoms with Crippen LogP contribution in [0.2, 0.25) is 0 Å². The van der Waals surface area contributed by atoms with Gasteiger partial charge in [-0.15, -0.1) is 11.3 Å². The van der Waals surface area contributed by atoms with E-state index in [9.17, 15) is 0 Å². The number of thiophene rings is 1. The zero-order chi connectivity index (χ0) is 11.9. The molecule has 0 spiro atoms. The van der Waals surface area contributed by atoms with Crippen LogP contribution in [-0.4, -0.2) is 9.97 Å². The highest BCUT2D eigenvalue weighted by Gasteiger charge is 2.21. The largest absolute Gasteiger partial charge is 0.341 e. The van der Waals surface area contributed by atoms with Gasteiger partial charge in [0.15, 0.2) is 0 Å². The number of imidazole rings is 1. The highest BCUT2D eigenvalue weighted by Crippen LogP contribution is 2.37. The molecule has 0 saturated heterocycles. The second kappa shape index (κ2) is 3.82. The van der Waals surface area contributed by atoms with Gasteiger partial charge in [-0.1, -0.05) is 30.3 Å². The maximum Gasteiger partial charge on any atom is 0.138 e. The van der Waals surface area contributed by atoms with Crippen molar-refractivity contribution in [2.45, 2.75) is 12.8 Å². The number of hydrogen-bond donors (Lipinski definition) is 1. The van der Waals surface area contributed by atoms with Crippen LogP contribution in [0, 0.1) is 0 Å². The first-order chi connectivity index (χ1) is 8.92. The van der Waals surface area contributed by atoms with E-state index >= 15 is 0 Å². The molecule has 2 aromatic heterocycles. The van der Waals surface area contributed by atoms with Gasteiger partial charge < -0.3 is 4.98 Å². The van der Waals surface area contributed by atoms with Crippen LogP contribution in [0.25, 0.3) is 22.0 Å². The smallest absolute Gasteiger partial charge is 0.138 e. The summed E-state index contributed by atoms with van der Waals surface area (Å²) in [5, 5.41) is 2.16. The number of hydrogen-bond acceptors (Lipinski definition) is 2. The number of aromatic nitrogens is 2. The summed E-state index contributed by atoms with van der Waals surface area (Å²) in [4.78, 5) is 9.61. The van der Waals surface area contributed by atoms with Crippen molar-refractivity contribution in [3.8, 4) is 22.0 Å². The summed E-state index contributed by atoms with van der Waals surface area (Å²) in [6.45, 7) is 0. The Balaban J connectivity index is 1.88. The number of benzene rings is 1. The molecule has 1 aromatic carbocycles. The Morgan fingerprint density at radius 2 is 1.94 bits per heavy atom. The van der Waals surface area contributed by atoms with Gasteiger partial charge in [-0.2, -0.15) is 0 Å². The summed E-state index contributed by atoms with van der Waals surface area (Å²) in [5.74, 6) is 0.988. The number of aromatic amines is 1. The number of H-pyrrole nitrogens is 1. The van der Waals surface area contributed by atoms with Crippen LogP contribution < -0.4 is 0 Å². The summed E-state index contributed by atoms with van der Waals surface area (Å²) in [6.07, 6.45) is 2.20. The Kier molecular flexibility index (Phi) is 2.14. The number of nitrogens with one attached hydrogen (secondary N) is 1. The van der Waals surface area contributed by atoms with E-state index in [1.807, 2.05) is 18.2 Å². The Morgan fingerprint density at radius 1 is 1.06 bits per heavy atom. The predicted molar refractivity (Wildman–Crippen MR) is 74.7 cm³/mol. The van der Waals surface area contributed by atoms with Crippen molar-refractivity contribution in [3.63, 3.8) is 0 Å². The Bertz CT molecular complexity index is 694. The Labute approximate surface area is 109 Å². The molecular weight excluding hydrogens is 240 g/mol. The standard InChI is InChI=1S/C15H12N2S/c1-2-4-11(5-3-1)15-16-12-7-6-10-8-9-18-14(10)13(12)17-15/h1-5,8-9H,6-7H2,(H,16,17). The van der Waals surface area contributed by atoms with Crippen molar-refractivity contribution >= 4 is 11.3 Å². The van der Waals surface area contributed by atoms with Crippen molar-refractivity contribution in [3.05, 3.63) is 53.0 Å². The zero-order valence-corrected chi connectivity index (χ0v) is 10.6.